The molecule has 1 aromatic carbocycles. The first-order valence-corrected chi connectivity index (χ1v) is 9.27. The smallest absolute Gasteiger partial charge is 0.332 e. The van der Waals surface area contributed by atoms with Gasteiger partial charge in [0.05, 0.1) is 12.2 Å². The summed E-state index contributed by atoms with van der Waals surface area (Å²) in [5, 5.41) is 0.147. The van der Waals surface area contributed by atoms with E-state index in [9.17, 15) is 9.59 Å². The van der Waals surface area contributed by atoms with Crippen molar-refractivity contribution in [1.29, 1.82) is 0 Å². The predicted molar refractivity (Wildman–Crippen MR) is 109 cm³/mol. The summed E-state index contributed by atoms with van der Waals surface area (Å²) in [5.41, 5.74) is 1.42. The number of hydrogen-bond acceptors (Lipinski definition) is 5. The minimum absolute atomic E-state index is 0.147. The van der Waals surface area contributed by atoms with Gasteiger partial charge in [0.1, 0.15) is 12.4 Å². The Labute approximate surface area is 170 Å². The molecule has 0 atom stereocenters. The first-order valence-electron chi connectivity index (χ1n) is 8.89. The number of hydrogen-bond donors (Lipinski definition) is 0. The lowest BCUT2D eigenvalue weighted by Crippen LogP contribution is -2.37. The van der Waals surface area contributed by atoms with Crippen LogP contribution in [0.25, 0.3) is 11.2 Å². The normalized spacial score (nSPS) is 11.1. The van der Waals surface area contributed by atoms with Crippen molar-refractivity contribution in [3.63, 3.8) is 0 Å². The van der Waals surface area contributed by atoms with Crippen LogP contribution in [-0.4, -0.2) is 23.7 Å². The molecule has 0 fully saturated rings. The first-order chi connectivity index (χ1) is 14.0. The Morgan fingerprint density at radius 1 is 1.03 bits per heavy atom. The number of aromatic nitrogens is 5. The third-order valence-corrected chi connectivity index (χ3v) is 4.97. The van der Waals surface area contributed by atoms with Crippen molar-refractivity contribution < 1.29 is 4.74 Å². The Bertz CT molecular complexity index is 1290. The Morgan fingerprint density at radius 3 is 2.48 bits per heavy atom. The quantitative estimate of drug-likeness (QED) is 0.470. The molecular formula is C20H18ClN5O3. The SMILES string of the molecule is Cn1c(=O)c2c(nc(Cl)n2Cc2ccc(OCc3ccccn3)cc2)n(C)c1=O. The second-order valence-electron chi connectivity index (χ2n) is 6.60. The molecule has 8 nitrogen and oxygen atoms in total. The molecule has 29 heavy (non-hydrogen) atoms. The Kier molecular flexibility index (Phi) is 4.94. The van der Waals surface area contributed by atoms with E-state index >= 15 is 0 Å². The van der Waals surface area contributed by atoms with E-state index in [0.717, 1.165) is 15.8 Å². The van der Waals surface area contributed by atoms with Gasteiger partial charge in [-0.05, 0) is 41.4 Å². The van der Waals surface area contributed by atoms with E-state index in [0.29, 0.717) is 18.9 Å². The van der Waals surface area contributed by atoms with Crippen molar-refractivity contribution in [3.05, 3.63) is 86.0 Å². The van der Waals surface area contributed by atoms with Gasteiger partial charge < -0.3 is 9.30 Å². The third-order valence-electron chi connectivity index (χ3n) is 4.68. The summed E-state index contributed by atoms with van der Waals surface area (Å²) in [6.07, 6.45) is 1.72. The molecule has 0 unspecified atom stereocenters. The highest BCUT2D eigenvalue weighted by Crippen LogP contribution is 2.19. The number of benzene rings is 1. The van der Waals surface area contributed by atoms with E-state index in [-0.39, 0.29) is 16.4 Å². The third kappa shape index (κ3) is 3.54. The van der Waals surface area contributed by atoms with Crippen molar-refractivity contribution >= 4 is 22.8 Å². The number of fused-ring (bicyclic) bond motifs is 1. The van der Waals surface area contributed by atoms with Crippen molar-refractivity contribution in [1.82, 2.24) is 23.7 Å². The zero-order chi connectivity index (χ0) is 20.5. The lowest BCUT2D eigenvalue weighted by atomic mass is 10.2. The average molecular weight is 412 g/mol. The maximum Gasteiger partial charge on any atom is 0.332 e. The fourth-order valence-electron chi connectivity index (χ4n) is 3.08. The highest BCUT2D eigenvalue weighted by Gasteiger charge is 2.18. The highest BCUT2D eigenvalue weighted by atomic mass is 35.5. The molecule has 3 aromatic heterocycles. The molecule has 0 saturated carbocycles. The van der Waals surface area contributed by atoms with Crippen molar-refractivity contribution in [2.45, 2.75) is 13.2 Å². The van der Waals surface area contributed by atoms with E-state index < -0.39 is 11.2 Å². The summed E-state index contributed by atoms with van der Waals surface area (Å²) in [6, 6.07) is 13.1. The maximum absolute atomic E-state index is 12.6. The van der Waals surface area contributed by atoms with E-state index in [4.69, 9.17) is 16.3 Å². The van der Waals surface area contributed by atoms with Crippen LogP contribution < -0.4 is 16.0 Å². The fraction of sp³-hybridized carbons (Fsp3) is 0.200. The van der Waals surface area contributed by atoms with Gasteiger partial charge in [-0.1, -0.05) is 18.2 Å². The molecule has 4 aromatic rings. The molecule has 0 aliphatic carbocycles. The summed E-state index contributed by atoms with van der Waals surface area (Å²) >= 11 is 6.27. The van der Waals surface area contributed by atoms with Crippen LogP contribution in [0.3, 0.4) is 0 Å². The van der Waals surface area contributed by atoms with Crippen LogP contribution in [0, 0.1) is 0 Å². The van der Waals surface area contributed by atoms with E-state index in [2.05, 4.69) is 9.97 Å². The Balaban J connectivity index is 1.60. The molecule has 0 radical (unpaired) electrons. The lowest BCUT2D eigenvalue weighted by Gasteiger charge is -2.09. The highest BCUT2D eigenvalue weighted by molar-refractivity contribution is 6.29. The predicted octanol–water partition coefficient (Wildman–Crippen LogP) is 2.11. The molecule has 9 heteroatoms. The molecule has 148 valence electrons. The molecule has 0 amide bonds. The molecule has 0 aliphatic rings. The van der Waals surface area contributed by atoms with Crippen LogP contribution in [0.1, 0.15) is 11.3 Å². The van der Waals surface area contributed by atoms with Crippen LogP contribution >= 0.6 is 11.6 Å². The van der Waals surface area contributed by atoms with Gasteiger partial charge in [-0.3, -0.25) is 18.9 Å². The lowest BCUT2D eigenvalue weighted by molar-refractivity contribution is 0.301. The molecule has 0 aliphatic heterocycles. The van der Waals surface area contributed by atoms with Gasteiger partial charge in [-0.15, -0.1) is 0 Å². The van der Waals surface area contributed by atoms with Crippen LogP contribution in [0.4, 0.5) is 0 Å². The van der Waals surface area contributed by atoms with Crippen LogP contribution in [0.5, 0.6) is 5.75 Å². The molecule has 0 bridgehead atoms. The van der Waals surface area contributed by atoms with Crippen LogP contribution in [0.15, 0.2) is 58.3 Å². The van der Waals surface area contributed by atoms with Gasteiger partial charge in [0, 0.05) is 20.3 Å². The van der Waals surface area contributed by atoms with Crippen molar-refractivity contribution in [3.8, 4) is 5.75 Å². The van der Waals surface area contributed by atoms with E-state index in [1.54, 1.807) is 17.8 Å². The minimum Gasteiger partial charge on any atom is -0.487 e. The second kappa shape index (κ2) is 7.56. The standard InChI is InChI=1S/C20H18ClN5O3/c1-24-17-16(18(27)25(2)20(24)28)26(19(21)23-17)11-13-6-8-15(9-7-13)29-12-14-5-3-4-10-22-14/h3-10H,11-12H2,1-2H3. The van der Waals surface area contributed by atoms with Crippen molar-refractivity contribution in [2.75, 3.05) is 0 Å². The fourth-order valence-corrected chi connectivity index (χ4v) is 3.30. The van der Waals surface area contributed by atoms with Gasteiger partial charge in [-0.2, -0.15) is 4.98 Å². The van der Waals surface area contributed by atoms with Crippen LogP contribution in [-0.2, 0) is 27.2 Å². The molecular weight excluding hydrogens is 394 g/mol. The molecule has 0 N–H and O–H groups in total. The Morgan fingerprint density at radius 2 is 1.79 bits per heavy atom. The molecule has 0 saturated heterocycles. The monoisotopic (exact) mass is 411 g/mol. The summed E-state index contributed by atoms with van der Waals surface area (Å²) in [6.45, 7) is 0.714. The van der Waals surface area contributed by atoms with Gasteiger partial charge in [-0.25, -0.2) is 4.79 Å². The number of pyridine rings is 1. The summed E-state index contributed by atoms with van der Waals surface area (Å²) < 4.78 is 9.70. The number of rotatable bonds is 5. The second-order valence-corrected chi connectivity index (χ2v) is 6.94. The summed E-state index contributed by atoms with van der Waals surface area (Å²) in [4.78, 5) is 33.1. The van der Waals surface area contributed by atoms with E-state index in [1.165, 1.54) is 11.6 Å². The van der Waals surface area contributed by atoms with E-state index in [1.807, 2.05) is 42.5 Å². The largest absolute Gasteiger partial charge is 0.487 e. The van der Waals surface area contributed by atoms with Gasteiger partial charge in [0.15, 0.2) is 11.2 Å². The van der Waals surface area contributed by atoms with Crippen molar-refractivity contribution in [2.24, 2.45) is 14.1 Å². The Hall–Kier alpha value is -3.39. The summed E-state index contributed by atoms with van der Waals surface area (Å²) in [7, 11) is 2.99. The van der Waals surface area contributed by atoms with Crippen LogP contribution in [0.2, 0.25) is 5.28 Å². The number of halogens is 1. The van der Waals surface area contributed by atoms with Gasteiger partial charge in [0.25, 0.3) is 5.56 Å². The molecule has 4 rings (SSSR count). The minimum atomic E-state index is -0.446. The first kappa shape index (κ1) is 18.9. The zero-order valence-electron chi connectivity index (χ0n) is 15.9. The number of aryl methyl sites for hydroxylation is 1. The maximum atomic E-state index is 12.6. The number of imidazole rings is 1. The topological polar surface area (TPSA) is 83.9 Å². The molecule has 0 spiro atoms. The summed E-state index contributed by atoms with van der Waals surface area (Å²) in [5.74, 6) is 0.708. The average Bonchev–Trinajstić information content (AvgIpc) is 3.07. The van der Waals surface area contributed by atoms with Gasteiger partial charge in [0.2, 0.25) is 5.28 Å². The molecule has 3 heterocycles. The number of nitrogens with zero attached hydrogens (tertiary/aromatic N) is 5. The number of ether oxygens (including phenoxy) is 1. The van der Waals surface area contributed by atoms with Gasteiger partial charge >= 0.3 is 5.69 Å². The zero-order valence-corrected chi connectivity index (χ0v) is 16.6.